The molecule has 1 amide bonds. The van der Waals surface area contributed by atoms with Crippen molar-refractivity contribution >= 4 is 23.1 Å². The molecule has 0 bridgehead atoms. The average Bonchev–Trinajstić information content (AvgIpc) is 3.21. The number of carbonyl (C=O) groups is 1. The normalized spacial score (nSPS) is 16.3. The molecule has 0 unspecified atom stereocenters. The fraction of sp³-hybridized carbons (Fsp3) is 0.280. The molecule has 4 aromatic rings. The summed E-state index contributed by atoms with van der Waals surface area (Å²) in [6, 6.07) is 15.0. The topological polar surface area (TPSA) is 93.9 Å². The van der Waals surface area contributed by atoms with Crippen molar-refractivity contribution in [3.8, 4) is 5.75 Å². The molecule has 34 heavy (non-hydrogen) atoms. The summed E-state index contributed by atoms with van der Waals surface area (Å²) in [5.41, 5.74) is 3.10. The molecule has 174 valence electrons. The maximum Gasteiger partial charge on any atom is 0.257 e. The van der Waals surface area contributed by atoms with Gasteiger partial charge in [0.25, 0.3) is 5.91 Å². The van der Waals surface area contributed by atoms with Gasteiger partial charge in [-0.25, -0.2) is 14.5 Å². The number of carbonyl (C=O) groups excluding carboxylic acids is 1. The predicted octanol–water partition coefficient (Wildman–Crippen LogP) is 3.21. The van der Waals surface area contributed by atoms with E-state index < -0.39 is 0 Å². The molecule has 3 aromatic heterocycles. The molecule has 1 fully saturated rings. The highest BCUT2D eigenvalue weighted by Crippen LogP contribution is 2.23. The Hall–Kier alpha value is -3.98. The molecule has 0 spiro atoms. The number of imidazole rings is 1. The van der Waals surface area contributed by atoms with E-state index in [1.165, 1.54) is 0 Å². The van der Waals surface area contributed by atoms with Gasteiger partial charge < -0.3 is 19.7 Å². The van der Waals surface area contributed by atoms with Crippen molar-refractivity contribution in [3.63, 3.8) is 0 Å². The van der Waals surface area contributed by atoms with E-state index in [1.54, 1.807) is 36.2 Å². The Morgan fingerprint density at radius 3 is 2.88 bits per heavy atom. The third-order valence-corrected chi connectivity index (χ3v) is 5.82. The molecular weight excluding hydrogens is 432 g/mol. The van der Waals surface area contributed by atoms with Crippen LogP contribution in [-0.2, 0) is 11.2 Å². The lowest BCUT2D eigenvalue weighted by molar-refractivity contribution is 0.0738. The molecule has 0 radical (unpaired) electrons. The molecule has 0 saturated carbocycles. The SMILES string of the molecule is COc1ccc(Nc2ncccc2C(=O)N2CCOC[C@H](Cc3ccc4nccn4n3)C2)cc1. The van der Waals surface area contributed by atoms with E-state index in [0.717, 1.165) is 22.8 Å². The van der Waals surface area contributed by atoms with Crippen LogP contribution in [0, 0.1) is 5.92 Å². The quantitative estimate of drug-likeness (QED) is 0.474. The lowest BCUT2D eigenvalue weighted by Crippen LogP contribution is -2.37. The van der Waals surface area contributed by atoms with Gasteiger partial charge in [0, 0.05) is 43.3 Å². The van der Waals surface area contributed by atoms with E-state index in [-0.39, 0.29) is 11.8 Å². The second-order valence-corrected chi connectivity index (χ2v) is 8.20. The summed E-state index contributed by atoms with van der Waals surface area (Å²) >= 11 is 0. The molecule has 1 aliphatic rings. The summed E-state index contributed by atoms with van der Waals surface area (Å²) in [4.78, 5) is 24.1. The molecule has 4 heterocycles. The zero-order valence-corrected chi connectivity index (χ0v) is 18.9. The first-order chi connectivity index (χ1) is 16.7. The Balaban J connectivity index is 1.32. The maximum atomic E-state index is 13.5. The third-order valence-electron chi connectivity index (χ3n) is 5.82. The highest BCUT2D eigenvalue weighted by Gasteiger charge is 2.26. The largest absolute Gasteiger partial charge is 0.497 e. The number of hydrogen-bond donors (Lipinski definition) is 1. The fourth-order valence-electron chi connectivity index (χ4n) is 4.11. The van der Waals surface area contributed by atoms with Crippen molar-refractivity contribution in [1.29, 1.82) is 0 Å². The van der Waals surface area contributed by atoms with E-state index in [9.17, 15) is 4.79 Å². The van der Waals surface area contributed by atoms with Crippen LogP contribution in [0.3, 0.4) is 0 Å². The van der Waals surface area contributed by atoms with Gasteiger partial charge in [0.1, 0.15) is 11.6 Å². The number of nitrogens with zero attached hydrogens (tertiary/aromatic N) is 5. The highest BCUT2D eigenvalue weighted by atomic mass is 16.5. The van der Waals surface area contributed by atoms with Crippen LogP contribution in [0.15, 0.2) is 67.1 Å². The lowest BCUT2D eigenvalue weighted by atomic mass is 10.0. The van der Waals surface area contributed by atoms with Crippen LogP contribution >= 0.6 is 0 Å². The van der Waals surface area contributed by atoms with Crippen LogP contribution in [-0.4, -0.2) is 63.8 Å². The summed E-state index contributed by atoms with van der Waals surface area (Å²) in [5.74, 6) is 1.35. The van der Waals surface area contributed by atoms with Gasteiger partial charge in [-0.05, 0) is 55.0 Å². The van der Waals surface area contributed by atoms with Crippen LogP contribution in [0.4, 0.5) is 11.5 Å². The molecule has 9 heteroatoms. The molecule has 0 aliphatic carbocycles. The van der Waals surface area contributed by atoms with E-state index in [2.05, 4.69) is 20.4 Å². The first-order valence-electron chi connectivity index (χ1n) is 11.2. The van der Waals surface area contributed by atoms with Crippen LogP contribution in [0.2, 0.25) is 0 Å². The number of benzene rings is 1. The number of rotatable bonds is 6. The maximum absolute atomic E-state index is 13.5. The van der Waals surface area contributed by atoms with Gasteiger partial charge in [-0.3, -0.25) is 4.79 Å². The minimum Gasteiger partial charge on any atom is -0.497 e. The summed E-state index contributed by atoms with van der Waals surface area (Å²) in [5, 5.41) is 7.89. The van der Waals surface area contributed by atoms with E-state index in [4.69, 9.17) is 9.47 Å². The number of aromatic nitrogens is 4. The van der Waals surface area contributed by atoms with E-state index in [1.807, 2.05) is 47.5 Å². The number of methoxy groups -OCH3 is 1. The van der Waals surface area contributed by atoms with Gasteiger partial charge >= 0.3 is 0 Å². The highest BCUT2D eigenvalue weighted by molar-refractivity contribution is 5.99. The van der Waals surface area contributed by atoms with Crippen LogP contribution in [0.1, 0.15) is 16.1 Å². The van der Waals surface area contributed by atoms with E-state index >= 15 is 0 Å². The Labute approximate surface area is 197 Å². The van der Waals surface area contributed by atoms with Gasteiger partial charge in [0.15, 0.2) is 5.65 Å². The summed E-state index contributed by atoms with van der Waals surface area (Å²) < 4.78 is 12.8. The van der Waals surface area contributed by atoms with E-state index in [0.29, 0.717) is 44.1 Å². The average molecular weight is 459 g/mol. The lowest BCUT2D eigenvalue weighted by Gasteiger charge is -2.24. The number of nitrogens with one attached hydrogen (secondary N) is 1. The summed E-state index contributed by atoms with van der Waals surface area (Å²) in [6.07, 6.45) is 5.95. The van der Waals surface area contributed by atoms with Crippen molar-refractivity contribution in [3.05, 3.63) is 78.4 Å². The first-order valence-corrected chi connectivity index (χ1v) is 11.2. The Morgan fingerprint density at radius 1 is 1.15 bits per heavy atom. The van der Waals surface area contributed by atoms with Gasteiger partial charge in [0.05, 0.1) is 31.6 Å². The Kier molecular flexibility index (Phi) is 6.35. The van der Waals surface area contributed by atoms with Crippen molar-refractivity contribution in [2.75, 3.05) is 38.7 Å². The first kappa shape index (κ1) is 21.8. The molecule has 1 saturated heterocycles. The fourth-order valence-corrected chi connectivity index (χ4v) is 4.11. The van der Waals surface area contributed by atoms with Gasteiger partial charge in [0.2, 0.25) is 0 Å². The zero-order valence-electron chi connectivity index (χ0n) is 18.9. The predicted molar refractivity (Wildman–Crippen MR) is 127 cm³/mol. The number of fused-ring (bicyclic) bond motifs is 1. The van der Waals surface area contributed by atoms with Crippen LogP contribution in [0.5, 0.6) is 5.75 Å². The minimum absolute atomic E-state index is 0.0716. The second-order valence-electron chi connectivity index (χ2n) is 8.20. The molecule has 1 atom stereocenters. The van der Waals surface area contributed by atoms with Crippen molar-refractivity contribution in [1.82, 2.24) is 24.5 Å². The molecule has 9 nitrogen and oxygen atoms in total. The minimum atomic E-state index is -0.0716. The number of hydrogen-bond acceptors (Lipinski definition) is 7. The van der Waals surface area contributed by atoms with Crippen molar-refractivity contribution < 1.29 is 14.3 Å². The summed E-state index contributed by atoms with van der Waals surface area (Å²) in [6.45, 7) is 2.19. The van der Waals surface area contributed by atoms with Gasteiger partial charge in [-0.1, -0.05) is 0 Å². The van der Waals surface area contributed by atoms with Gasteiger partial charge in [-0.2, -0.15) is 5.10 Å². The number of anilines is 2. The monoisotopic (exact) mass is 458 g/mol. The standard InChI is InChI=1S/C25H26N6O3/c1-33-21-7-4-19(5-8-21)28-24-22(3-2-10-27-24)25(32)30-13-14-34-17-18(16-30)15-20-6-9-23-26-11-12-31(23)29-20/h2-12,18H,13-17H2,1H3,(H,27,28)/t18-/m1/s1. The van der Waals surface area contributed by atoms with Crippen molar-refractivity contribution in [2.45, 2.75) is 6.42 Å². The molecule has 1 aliphatic heterocycles. The number of amides is 1. The van der Waals surface area contributed by atoms with Gasteiger partial charge in [-0.15, -0.1) is 0 Å². The summed E-state index contributed by atoms with van der Waals surface area (Å²) in [7, 11) is 1.63. The Morgan fingerprint density at radius 2 is 2.03 bits per heavy atom. The Bertz CT molecular complexity index is 1270. The zero-order chi connectivity index (χ0) is 23.3. The number of pyridine rings is 1. The third kappa shape index (κ3) is 4.84. The van der Waals surface area contributed by atoms with Crippen LogP contribution in [0.25, 0.3) is 5.65 Å². The van der Waals surface area contributed by atoms with Crippen LogP contribution < -0.4 is 10.1 Å². The number of ether oxygens (including phenoxy) is 2. The molecule has 1 N–H and O–H groups in total. The molecule has 1 aromatic carbocycles. The van der Waals surface area contributed by atoms with Crippen molar-refractivity contribution in [2.24, 2.45) is 5.92 Å². The second kappa shape index (κ2) is 9.88. The smallest absolute Gasteiger partial charge is 0.257 e. The molecule has 5 rings (SSSR count). The molecular formula is C25H26N6O3.